The van der Waals surface area contributed by atoms with Crippen molar-refractivity contribution in [2.24, 2.45) is 0 Å². The third-order valence-electron chi connectivity index (χ3n) is 8.88. The summed E-state index contributed by atoms with van der Waals surface area (Å²) >= 11 is 0. The molecule has 1 aromatic heterocycles. The van der Waals surface area contributed by atoms with Gasteiger partial charge in [0, 0.05) is 44.3 Å². The Labute approximate surface area is 265 Å². The quantitative estimate of drug-likeness (QED) is 0.227. The first-order chi connectivity index (χ1) is 21.7. The van der Waals surface area contributed by atoms with Crippen molar-refractivity contribution in [3.63, 3.8) is 0 Å². The number of carbonyl (C=O) groups excluding carboxylic acids is 2. The molecule has 0 saturated carbocycles. The van der Waals surface area contributed by atoms with Crippen LogP contribution < -0.4 is 16.0 Å². The van der Waals surface area contributed by atoms with Crippen molar-refractivity contribution in [2.45, 2.75) is 87.2 Å². The predicted molar refractivity (Wildman–Crippen MR) is 169 cm³/mol. The molecule has 3 aliphatic rings. The molecule has 3 atom stereocenters. The molecule has 4 heterocycles. The normalized spacial score (nSPS) is 21.1. The number of hydrogen-bond acceptors (Lipinski definition) is 8. The molecule has 2 aromatic rings. The fourth-order valence-electron chi connectivity index (χ4n) is 6.42. The Morgan fingerprint density at radius 3 is 2.67 bits per heavy atom. The van der Waals surface area contributed by atoms with Gasteiger partial charge in [0.2, 0.25) is 21.8 Å². The van der Waals surface area contributed by atoms with E-state index in [0.29, 0.717) is 12.8 Å². The van der Waals surface area contributed by atoms with Gasteiger partial charge in [-0.3, -0.25) is 9.59 Å². The number of pyridine rings is 1. The molecule has 0 spiro atoms. The first-order valence-corrected chi connectivity index (χ1v) is 17.5. The number of nitrogens with zero attached hydrogens (tertiary/aromatic N) is 3. The Bertz CT molecular complexity index is 1460. The zero-order valence-corrected chi connectivity index (χ0v) is 26.4. The number of sulfonamides is 1. The molecular formula is C32H44N6O6S. The minimum Gasteiger partial charge on any atom is -0.480 e. The van der Waals surface area contributed by atoms with Crippen LogP contribution in [0.3, 0.4) is 0 Å². The van der Waals surface area contributed by atoms with E-state index in [1.165, 1.54) is 17.7 Å². The summed E-state index contributed by atoms with van der Waals surface area (Å²) in [6.45, 7) is 3.75. The van der Waals surface area contributed by atoms with E-state index in [2.05, 4.69) is 33.0 Å². The fraction of sp³-hybridized carbons (Fsp3) is 0.562. The van der Waals surface area contributed by atoms with Crippen molar-refractivity contribution in [3.8, 4) is 0 Å². The minimum atomic E-state index is -3.90. The van der Waals surface area contributed by atoms with Gasteiger partial charge in [0.05, 0.1) is 4.90 Å². The van der Waals surface area contributed by atoms with Crippen LogP contribution in [0.15, 0.2) is 47.4 Å². The number of amides is 2. The van der Waals surface area contributed by atoms with E-state index in [-0.39, 0.29) is 36.2 Å². The maximum absolute atomic E-state index is 13.1. The fourth-order valence-corrected chi connectivity index (χ4v) is 8.10. The summed E-state index contributed by atoms with van der Waals surface area (Å²) in [4.78, 5) is 44.9. The van der Waals surface area contributed by atoms with Gasteiger partial charge in [-0.2, -0.15) is 4.31 Å². The monoisotopic (exact) mass is 640 g/mol. The average molecular weight is 641 g/mol. The number of fused-ring (bicyclic) bond motifs is 1. The third kappa shape index (κ3) is 8.59. The van der Waals surface area contributed by atoms with Gasteiger partial charge in [-0.1, -0.05) is 24.3 Å². The first-order valence-electron chi connectivity index (χ1n) is 16.0. The van der Waals surface area contributed by atoms with Crippen molar-refractivity contribution in [1.29, 1.82) is 0 Å². The number of rotatable bonds is 14. The number of benzene rings is 1. The van der Waals surface area contributed by atoms with E-state index < -0.39 is 34.0 Å². The van der Waals surface area contributed by atoms with Crippen LogP contribution in [-0.2, 0) is 37.2 Å². The third-order valence-corrected chi connectivity index (χ3v) is 10.8. The highest BCUT2D eigenvalue weighted by molar-refractivity contribution is 7.89. The topological polar surface area (TPSA) is 161 Å². The molecule has 0 aliphatic carbocycles. The standard InChI is InChI=1S/C32H44N6O6S/c39-29(34-25-17-21-37(22-25)19-5-4-9-24-14-13-23-8-6-18-33-30(23)35-24)16-15-27(32(41)42)36-31(40)28-12-7-20-38(28)45(43,44)26-10-2-1-3-11-26/h1-3,10-11,13-14,25,27-28H,4-9,12,15-22H2,(H,33,35)(H,34,39)(H,36,40)(H,41,42)/t25-,27+,28+/m0/s1. The van der Waals surface area contributed by atoms with Crippen LogP contribution >= 0.6 is 0 Å². The lowest BCUT2D eigenvalue weighted by Crippen LogP contribution is -2.51. The van der Waals surface area contributed by atoms with Crippen LogP contribution in [0.5, 0.6) is 0 Å². The number of likely N-dealkylation sites (tertiary alicyclic amines) is 1. The van der Waals surface area contributed by atoms with Crippen LogP contribution in [0.4, 0.5) is 5.82 Å². The van der Waals surface area contributed by atoms with Gasteiger partial charge >= 0.3 is 5.97 Å². The second-order valence-electron chi connectivity index (χ2n) is 12.2. The molecule has 12 nitrogen and oxygen atoms in total. The molecular weight excluding hydrogens is 596 g/mol. The molecule has 0 unspecified atom stereocenters. The molecule has 244 valence electrons. The highest BCUT2D eigenvalue weighted by atomic mass is 32.2. The smallest absolute Gasteiger partial charge is 0.326 e. The van der Waals surface area contributed by atoms with Crippen LogP contribution in [-0.4, -0.2) is 96.3 Å². The van der Waals surface area contributed by atoms with Gasteiger partial charge in [0.25, 0.3) is 0 Å². The SMILES string of the molecule is O=C(CC[C@@H](NC(=O)[C@H]1CCCN1S(=O)(=O)c1ccccc1)C(=O)O)N[C@H]1CCN(CCCCc2ccc3c(n2)NCCC3)C1. The zero-order chi connectivity index (χ0) is 31.8. The second kappa shape index (κ2) is 15.2. The molecule has 13 heteroatoms. The van der Waals surface area contributed by atoms with E-state index in [1.54, 1.807) is 18.2 Å². The number of aryl methyl sites for hydroxylation is 2. The Hall–Kier alpha value is -3.55. The van der Waals surface area contributed by atoms with Crippen molar-refractivity contribution in [3.05, 3.63) is 53.7 Å². The number of aliphatic carboxylic acids is 1. The van der Waals surface area contributed by atoms with E-state index in [1.807, 2.05) is 0 Å². The zero-order valence-electron chi connectivity index (χ0n) is 25.6. The lowest BCUT2D eigenvalue weighted by Gasteiger charge is -2.25. The number of carboxylic acids is 1. The largest absolute Gasteiger partial charge is 0.480 e. The van der Waals surface area contributed by atoms with Gasteiger partial charge in [-0.15, -0.1) is 0 Å². The number of carbonyl (C=O) groups is 3. The summed E-state index contributed by atoms with van der Waals surface area (Å²) in [5.74, 6) is -1.15. The van der Waals surface area contributed by atoms with Gasteiger partial charge in [-0.25, -0.2) is 18.2 Å². The van der Waals surface area contributed by atoms with Crippen LogP contribution in [0.2, 0.25) is 0 Å². The van der Waals surface area contributed by atoms with Crippen LogP contribution in [0.1, 0.15) is 62.6 Å². The van der Waals surface area contributed by atoms with Crippen LogP contribution in [0, 0.1) is 0 Å². The molecule has 45 heavy (non-hydrogen) atoms. The molecule has 2 fully saturated rings. The van der Waals surface area contributed by atoms with E-state index in [9.17, 15) is 27.9 Å². The van der Waals surface area contributed by atoms with Crippen molar-refractivity contribution < 1.29 is 27.9 Å². The van der Waals surface area contributed by atoms with Crippen molar-refractivity contribution in [1.82, 2.24) is 24.8 Å². The van der Waals surface area contributed by atoms with E-state index >= 15 is 0 Å². The first kappa shape index (κ1) is 32.8. The Kier molecular flexibility index (Phi) is 11.1. The van der Waals surface area contributed by atoms with Gasteiger partial charge in [-0.05, 0) is 88.1 Å². The van der Waals surface area contributed by atoms with Crippen molar-refractivity contribution >= 4 is 33.6 Å². The Morgan fingerprint density at radius 2 is 1.87 bits per heavy atom. The Balaban J connectivity index is 1.02. The number of hydrogen-bond donors (Lipinski definition) is 4. The molecule has 3 aliphatic heterocycles. The predicted octanol–water partition coefficient (Wildman–Crippen LogP) is 2.16. The van der Waals surface area contributed by atoms with Gasteiger partial charge < -0.3 is 26.0 Å². The number of nitrogens with one attached hydrogen (secondary N) is 3. The molecule has 2 amide bonds. The summed E-state index contributed by atoms with van der Waals surface area (Å²) < 4.78 is 27.4. The summed E-state index contributed by atoms with van der Waals surface area (Å²) in [6, 6.07) is 9.89. The Morgan fingerprint density at radius 1 is 1.04 bits per heavy atom. The maximum atomic E-state index is 13.1. The molecule has 2 saturated heterocycles. The molecule has 4 N–H and O–H groups in total. The van der Waals surface area contributed by atoms with Gasteiger partial charge in [0.1, 0.15) is 17.9 Å². The van der Waals surface area contributed by atoms with Crippen LogP contribution in [0.25, 0.3) is 0 Å². The number of anilines is 1. The summed E-state index contributed by atoms with van der Waals surface area (Å²) in [7, 11) is -3.90. The lowest BCUT2D eigenvalue weighted by atomic mass is 10.1. The lowest BCUT2D eigenvalue weighted by molar-refractivity contribution is -0.142. The number of aromatic nitrogens is 1. The van der Waals surface area contributed by atoms with E-state index in [0.717, 1.165) is 80.5 Å². The molecule has 0 bridgehead atoms. The summed E-state index contributed by atoms with van der Waals surface area (Å²) in [5, 5.41) is 18.6. The number of carboxylic acid groups (broad SMARTS) is 1. The van der Waals surface area contributed by atoms with Crippen molar-refractivity contribution in [2.75, 3.05) is 38.0 Å². The highest BCUT2D eigenvalue weighted by Crippen LogP contribution is 2.26. The summed E-state index contributed by atoms with van der Waals surface area (Å²) in [5.41, 5.74) is 2.41. The average Bonchev–Trinajstić information content (AvgIpc) is 3.72. The van der Waals surface area contributed by atoms with E-state index in [4.69, 9.17) is 4.98 Å². The summed E-state index contributed by atoms with van der Waals surface area (Å²) in [6.07, 6.45) is 6.72. The molecule has 1 aromatic carbocycles. The minimum absolute atomic E-state index is 0.000929. The molecule has 5 rings (SSSR count). The second-order valence-corrected chi connectivity index (χ2v) is 14.1. The molecule has 0 radical (unpaired) electrons. The van der Waals surface area contributed by atoms with Gasteiger partial charge in [0.15, 0.2) is 0 Å². The highest BCUT2D eigenvalue weighted by Gasteiger charge is 2.40. The number of unbranched alkanes of at least 4 members (excludes halogenated alkanes) is 1. The maximum Gasteiger partial charge on any atom is 0.326 e.